The predicted octanol–water partition coefficient (Wildman–Crippen LogP) is 3.92. The van der Waals surface area contributed by atoms with E-state index in [0.29, 0.717) is 24.6 Å². The molecule has 2 heterocycles. The number of amides is 2. The van der Waals surface area contributed by atoms with Gasteiger partial charge in [-0.25, -0.2) is 14.6 Å². The highest BCUT2D eigenvalue weighted by Gasteiger charge is 2.35. The Morgan fingerprint density at radius 1 is 1.21 bits per heavy atom. The number of rotatable bonds is 8. The Kier molecular flexibility index (Phi) is 7.97. The van der Waals surface area contributed by atoms with Gasteiger partial charge in [-0.2, -0.15) is 0 Å². The normalized spacial score (nSPS) is 18.5. The van der Waals surface area contributed by atoms with Gasteiger partial charge in [-0.15, -0.1) is 0 Å². The molecule has 0 unspecified atom stereocenters. The molecule has 180 valence electrons. The Bertz CT molecular complexity index is 958. The van der Waals surface area contributed by atoms with Gasteiger partial charge in [0, 0.05) is 31.3 Å². The molecule has 33 heavy (non-hydrogen) atoms. The third-order valence-electron chi connectivity index (χ3n) is 5.61. The molecule has 1 fully saturated rings. The highest BCUT2D eigenvalue weighted by atomic mass is 32.1. The number of nitrogens with zero attached hydrogens (tertiary/aromatic N) is 2. The minimum atomic E-state index is -0.362. The molecule has 8 nitrogen and oxygen atoms in total. The number of carbonyl (C=O) groups excluding carboxylic acids is 2. The molecule has 0 spiro atoms. The largest absolute Gasteiger partial charge is 0.465 e. The molecule has 0 aliphatic carbocycles. The van der Waals surface area contributed by atoms with Crippen LogP contribution in [0.5, 0.6) is 0 Å². The van der Waals surface area contributed by atoms with Gasteiger partial charge in [-0.05, 0) is 38.3 Å². The Hall–Kier alpha value is -2.65. The molecule has 0 saturated carbocycles. The molecule has 9 heteroatoms. The van der Waals surface area contributed by atoms with Crippen LogP contribution in [0.25, 0.3) is 10.6 Å². The van der Waals surface area contributed by atoms with E-state index in [4.69, 9.17) is 9.47 Å². The van der Waals surface area contributed by atoms with Crippen molar-refractivity contribution in [3.05, 3.63) is 36.0 Å². The topological polar surface area (TPSA) is 92.8 Å². The van der Waals surface area contributed by atoms with E-state index < -0.39 is 0 Å². The number of ether oxygens (including phenoxy) is 2. The average molecular weight is 475 g/mol. The summed E-state index contributed by atoms with van der Waals surface area (Å²) in [6.07, 6.45) is 2.62. The zero-order valence-electron chi connectivity index (χ0n) is 20.2. The van der Waals surface area contributed by atoms with Crippen LogP contribution >= 0.6 is 11.3 Å². The van der Waals surface area contributed by atoms with Crippen LogP contribution < -0.4 is 15.5 Å². The first-order valence-electron chi connectivity index (χ1n) is 11.1. The molecule has 1 aromatic carbocycles. The molecule has 0 radical (unpaired) electrons. The maximum absolute atomic E-state index is 12.6. The van der Waals surface area contributed by atoms with Crippen LogP contribution in [0, 0.1) is 5.92 Å². The summed E-state index contributed by atoms with van der Waals surface area (Å²) in [6.45, 7) is 9.68. The molecule has 3 rings (SSSR count). The molecule has 1 aromatic heterocycles. The molecule has 1 aliphatic rings. The van der Waals surface area contributed by atoms with Crippen molar-refractivity contribution >= 4 is 28.3 Å². The summed E-state index contributed by atoms with van der Waals surface area (Å²) in [6, 6.07) is 6.89. The monoisotopic (exact) mass is 474 g/mol. The van der Waals surface area contributed by atoms with E-state index in [1.807, 2.05) is 32.2 Å². The molecule has 1 aliphatic heterocycles. The fraction of sp³-hybridized carbons (Fsp3) is 0.542. The summed E-state index contributed by atoms with van der Waals surface area (Å²) in [7, 11) is 3.04. The second-order valence-electron chi connectivity index (χ2n) is 9.44. The van der Waals surface area contributed by atoms with Crippen LogP contribution in [-0.2, 0) is 9.47 Å². The van der Waals surface area contributed by atoms with E-state index in [2.05, 4.69) is 34.4 Å². The molecule has 2 N–H and O–H groups in total. The number of hydrogen-bond acceptors (Lipinski definition) is 7. The Labute approximate surface area is 199 Å². The Morgan fingerprint density at radius 2 is 1.91 bits per heavy atom. The maximum Gasteiger partial charge on any atom is 0.337 e. The smallest absolute Gasteiger partial charge is 0.337 e. The predicted molar refractivity (Wildman–Crippen MR) is 131 cm³/mol. The summed E-state index contributed by atoms with van der Waals surface area (Å²) in [5.74, 6) is 0.130. The van der Waals surface area contributed by atoms with Crippen LogP contribution in [0.4, 0.5) is 9.80 Å². The fourth-order valence-electron chi connectivity index (χ4n) is 4.33. The maximum atomic E-state index is 12.6. The van der Waals surface area contributed by atoms with Crippen molar-refractivity contribution in [2.75, 3.05) is 32.2 Å². The standard InChI is InChI=1S/C24H34N4O4S/c1-15(2)11-24(3,4)27-23(30)26-18-13-28(14-19(18)31-5)20-12-25-21(33-20)16-7-9-17(10-8-16)22(29)32-6/h7-10,12,15,18-19H,11,13-14H2,1-6H3,(H2,26,27,30)/t18-,19-/m0/s1. The Morgan fingerprint density at radius 3 is 2.52 bits per heavy atom. The van der Waals surface area contributed by atoms with Crippen LogP contribution in [0.3, 0.4) is 0 Å². The number of nitrogens with one attached hydrogen (secondary N) is 2. The second kappa shape index (κ2) is 10.5. The number of aromatic nitrogens is 1. The number of esters is 1. The highest BCUT2D eigenvalue weighted by Crippen LogP contribution is 2.33. The van der Waals surface area contributed by atoms with Gasteiger partial charge >= 0.3 is 12.0 Å². The Balaban J connectivity index is 1.64. The number of methoxy groups -OCH3 is 2. The van der Waals surface area contributed by atoms with Gasteiger partial charge in [-0.3, -0.25) is 0 Å². The van der Waals surface area contributed by atoms with E-state index in [1.54, 1.807) is 30.6 Å². The summed E-state index contributed by atoms with van der Waals surface area (Å²) in [5.41, 5.74) is 1.15. The third kappa shape index (κ3) is 6.45. The number of carbonyl (C=O) groups is 2. The van der Waals surface area contributed by atoms with E-state index in [1.165, 1.54) is 7.11 Å². The van der Waals surface area contributed by atoms with E-state index in [9.17, 15) is 9.59 Å². The minimum Gasteiger partial charge on any atom is -0.465 e. The average Bonchev–Trinajstić information content (AvgIpc) is 3.39. The zero-order valence-corrected chi connectivity index (χ0v) is 21.0. The van der Waals surface area contributed by atoms with E-state index in [0.717, 1.165) is 22.0 Å². The highest BCUT2D eigenvalue weighted by molar-refractivity contribution is 7.18. The summed E-state index contributed by atoms with van der Waals surface area (Å²) < 4.78 is 10.4. The lowest BCUT2D eigenvalue weighted by molar-refractivity contribution is 0.0600. The van der Waals surface area contributed by atoms with Crippen molar-refractivity contribution in [3.8, 4) is 10.6 Å². The zero-order chi connectivity index (χ0) is 24.2. The number of thiazole rings is 1. The van der Waals surface area contributed by atoms with Crippen molar-refractivity contribution in [3.63, 3.8) is 0 Å². The molecule has 2 aromatic rings. The lowest BCUT2D eigenvalue weighted by Gasteiger charge is -2.29. The van der Waals surface area contributed by atoms with Crippen LogP contribution in [0.15, 0.2) is 30.5 Å². The number of benzene rings is 1. The SMILES string of the molecule is COC(=O)c1ccc(-c2ncc(N3C[C@H](NC(=O)NC(C)(C)CC(C)C)[C@@H](OC)C3)s2)cc1. The van der Waals surface area contributed by atoms with Gasteiger partial charge in [0.05, 0.1) is 31.0 Å². The van der Waals surface area contributed by atoms with Crippen LogP contribution in [0.1, 0.15) is 44.5 Å². The van der Waals surface area contributed by atoms with Crippen molar-refractivity contribution in [2.45, 2.75) is 51.8 Å². The summed E-state index contributed by atoms with van der Waals surface area (Å²) in [4.78, 5) is 31.0. The van der Waals surface area contributed by atoms with Crippen molar-refractivity contribution in [2.24, 2.45) is 5.92 Å². The first kappa shape index (κ1) is 25.0. The lowest BCUT2D eigenvalue weighted by Crippen LogP contribution is -2.54. The lowest BCUT2D eigenvalue weighted by atomic mass is 9.93. The molecule has 2 amide bonds. The van der Waals surface area contributed by atoms with Gasteiger partial charge in [-0.1, -0.05) is 37.3 Å². The summed E-state index contributed by atoms with van der Waals surface area (Å²) in [5, 5.41) is 8.05. The van der Waals surface area contributed by atoms with Crippen LogP contribution in [-0.4, -0.2) is 62.0 Å². The van der Waals surface area contributed by atoms with E-state index >= 15 is 0 Å². The third-order valence-corrected chi connectivity index (χ3v) is 6.72. The van der Waals surface area contributed by atoms with Gasteiger partial charge in [0.1, 0.15) is 10.0 Å². The first-order chi connectivity index (χ1) is 15.6. The molecular weight excluding hydrogens is 440 g/mol. The van der Waals surface area contributed by atoms with Gasteiger partial charge < -0.3 is 25.0 Å². The van der Waals surface area contributed by atoms with E-state index in [-0.39, 0.29) is 29.7 Å². The number of urea groups is 1. The van der Waals surface area contributed by atoms with Gasteiger partial charge in [0.2, 0.25) is 0 Å². The fourth-order valence-corrected chi connectivity index (χ4v) is 5.27. The molecule has 1 saturated heterocycles. The molecule has 2 atom stereocenters. The van der Waals surface area contributed by atoms with Crippen molar-refractivity contribution in [1.82, 2.24) is 15.6 Å². The van der Waals surface area contributed by atoms with Crippen molar-refractivity contribution in [1.29, 1.82) is 0 Å². The first-order valence-corrected chi connectivity index (χ1v) is 11.9. The summed E-state index contributed by atoms with van der Waals surface area (Å²) >= 11 is 1.57. The number of anilines is 1. The molecule has 0 bridgehead atoms. The number of hydrogen-bond donors (Lipinski definition) is 2. The van der Waals surface area contributed by atoms with Crippen LogP contribution in [0.2, 0.25) is 0 Å². The van der Waals surface area contributed by atoms with Gasteiger partial charge in [0.25, 0.3) is 0 Å². The van der Waals surface area contributed by atoms with Gasteiger partial charge in [0.15, 0.2) is 0 Å². The minimum absolute atomic E-state index is 0.117. The van der Waals surface area contributed by atoms with Crippen molar-refractivity contribution < 1.29 is 19.1 Å². The quantitative estimate of drug-likeness (QED) is 0.564. The second-order valence-corrected chi connectivity index (χ2v) is 10.4. The molecular formula is C24H34N4O4S.